The van der Waals surface area contributed by atoms with Crippen molar-refractivity contribution in [3.8, 4) is 27.6 Å². The number of hydrogen-bond donors (Lipinski definition) is 2. The summed E-state index contributed by atoms with van der Waals surface area (Å²) in [5, 5.41) is 11.1. The minimum absolute atomic E-state index is 0.0446. The fraction of sp³-hybridized carbons (Fsp3) is 0.270. The first-order valence-corrected chi connectivity index (χ1v) is 17.4. The van der Waals surface area contributed by atoms with Crippen LogP contribution in [-0.4, -0.2) is 44.6 Å². The van der Waals surface area contributed by atoms with E-state index < -0.39 is 11.6 Å². The van der Waals surface area contributed by atoms with Crippen LogP contribution in [0.4, 0.5) is 14.6 Å². The predicted octanol–water partition coefficient (Wildman–Crippen LogP) is 7.16. The number of halogens is 2. The van der Waals surface area contributed by atoms with Crippen molar-refractivity contribution >= 4 is 33.1 Å². The van der Waals surface area contributed by atoms with Crippen molar-refractivity contribution in [1.29, 1.82) is 0 Å². The van der Waals surface area contributed by atoms with E-state index in [-0.39, 0.29) is 35.4 Å². The van der Waals surface area contributed by atoms with E-state index in [1.165, 1.54) is 36.6 Å². The summed E-state index contributed by atoms with van der Waals surface area (Å²) in [4.78, 5) is 39.0. The molecule has 1 aliphatic carbocycles. The van der Waals surface area contributed by atoms with E-state index in [4.69, 9.17) is 19.1 Å². The van der Waals surface area contributed by atoms with Crippen molar-refractivity contribution < 1.29 is 22.7 Å². The number of methoxy groups -OCH3 is 1. The summed E-state index contributed by atoms with van der Waals surface area (Å²) in [5.74, 6) is -0.632. The van der Waals surface area contributed by atoms with E-state index in [9.17, 15) is 18.4 Å². The number of ether oxygens (including phenoxy) is 1. The van der Waals surface area contributed by atoms with Gasteiger partial charge in [0.25, 0.3) is 11.8 Å². The van der Waals surface area contributed by atoms with Gasteiger partial charge in [-0.2, -0.15) is 0 Å². The van der Waals surface area contributed by atoms with Crippen LogP contribution in [0, 0.1) is 11.6 Å². The number of H-pyrrole nitrogens is 1. The van der Waals surface area contributed by atoms with Crippen molar-refractivity contribution in [2.24, 2.45) is 0 Å². The maximum absolute atomic E-state index is 14.8. The van der Waals surface area contributed by atoms with Gasteiger partial charge >= 0.3 is 5.76 Å². The highest BCUT2D eigenvalue weighted by atomic mass is 32.1. The van der Waals surface area contributed by atoms with Crippen LogP contribution in [0.2, 0.25) is 0 Å². The molecule has 1 fully saturated rings. The standard InChI is InChI=1S/C37H30F2N6O4S/c1-48-27-15-19-7-11-24(22(19)17-23(27)39)42-34-33-20(12-13-40-34)16-28(50-33)30-29(35-43-44-37(47)49-35)25(10-6-18-4-8-21(38)9-5-18)41-32-26-3-2-14-45(26)36(46)31(30)32/h4-5,8-9,12-13,15-17,24,26H,2-3,6-7,10-11,14H2,1H3,(H,40,42)(H,44,47)/t24-,26+/m0/s1. The maximum atomic E-state index is 14.8. The molecule has 0 radical (unpaired) electrons. The minimum Gasteiger partial charge on any atom is -0.494 e. The molecule has 3 aliphatic rings. The van der Waals surface area contributed by atoms with E-state index in [0.717, 1.165) is 57.3 Å². The summed E-state index contributed by atoms with van der Waals surface area (Å²) in [6, 6.07) is 13.3. The molecule has 0 saturated carbocycles. The van der Waals surface area contributed by atoms with Crippen molar-refractivity contribution in [1.82, 2.24) is 25.1 Å². The van der Waals surface area contributed by atoms with E-state index in [1.54, 1.807) is 24.4 Å². The number of carbonyl (C=O) groups excluding carboxylic acids is 1. The number of aromatic amines is 1. The summed E-state index contributed by atoms with van der Waals surface area (Å²) in [6.07, 6.45) is 5.93. The number of hydrogen-bond acceptors (Lipinski definition) is 9. The molecule has 10 nitrogen and oxygen atoms in total. The molecule has 4 aromatic heterocycles. The lowest BCUT2D eigenvalue weighted by molar-refractivity contribution is 0.0776. The number of aromatic nitrogens is 4. The van der Waals surface area contributed by atoms with Crippen LogP contribution in [0.5, 0.6) is 5.75 Å². The highest BCUT2D eigenvalue weighted by Gasteiger charge is 2.45. The summed E-state index contributed by atoms with van der Waals surface area (Å²) in [5.41, 5.74) is 5.75. The molecule has 2 aliphatic heterocycles. The topological polar surface area (TPSA) is 126 Å². The molecular formula is C37H30F2N6O4S. The van der Waals surface area contributed by atoms with Crippen LogP contribution in [0.25, 0.3) is 32.0 Å². The minimum atomic E-state index is -0.721. The number of nitrogens with one attached hydrogen (secondary N) is 2. The third kappa shape index (κ3) is 4.98. The first-order chi connectivity index (χ1) is 24.4. The second-order valence-corrected chi connectivity index (χ2v) is 13.9. The summed E-state index contributed by atoms with van der Waals surface area (Å²) in [6.45, 7) is 0.636. The van der Waals surface area contributed by atoms with E-state index in [1.807, 2.05) is 17.0 Å². The zero-order chi connectivity index (χ0) is 34.1. The first kappa shape index (κ1) is 30.6. The molecule has 2 aromatic carbocycles. The van der Waals surface area contributed by atoms with Crippen LogP contribution in [0.15, 0.2) is 63.9 Å². The Kier molecular flexibility index (Phi) is 7.27. The summed E-state index contributed by atoms with van der Waals surface area (Å²) in [7, 11) is 1.46. The summed E-state index contributed by atoms with van der Waals surface area (Å²) >= 11 is 1.47. The highest BCUT2D eigenvalue weighted by Crippen LogP contribution is 2.50. The highest BCUT2D eigenvalue weighted by molar-refractivity contribution is 7.23. The number of benzene rings is 2. The Morgan fingerprint density at radius 3 is 2.72 bits per heavy atom. The molecule has 252 valence electrons. The molecular weight excluding hydrogens is 663 g/mol. The van der Waals surface area contributed by atoms with Crippen LogP contribution >= 0.6 is 11.3 Å². The number of aryl methyl sites for hydroxylation is 3. The van der Waals surface area contributed by atoms with Crippen molar-refractivity contribution in [2.45, 2.75) is 50.6 Å². The number of carbonyl (C=O) groups is 1. The fourth-order valence-corrected chi connectivity index (χ4v) is 8.89. The van der Waals surface area contributed by atoms with Gasteiger partial charge in [0.05, 0.1) is 46.4 Å². The molecule has 1 amide bonds. The molecule has 50 heavy (non-hydrogen) atoms. The molecule has 6 aromatic rings. The van der Waals surface area contributed by atoms with Crippen LogP contribution in [-0.2, 0) is 19.3 Å². The molecule has 1 saturated heterocycles. The predicted molar refractivity (Wildman–Crippen MR) is 183 cm³/mol. The Hall–Kier alpha value is -5.43. The van der Waals surface area contributed by atoms with Crippen molar-refractivity contribution in [3.05, 3.63) is 111 Å². The number of anilines is 1. The van der Waals surface area contributed by atoms with Crippen molar-refractivity contribution in [3.63, 3.8) is 0 Å². The van der Waals surface area contributed by atoms with Gasteiger partial charge in [0, 0.05) is 23.2 Å². The fourth-order valence-electron chi connectivity index (χ4n) is 7.73. The van der Waals surface area contributed by atoms with E-state index >= 15 is 0 Å². The molecule has 9 rings (SSSR count). The maximum Gasteiger partial charge on any atom is 0.434 e. The average Bonchev–Trinajstić information content (AvgIpc) is 3.96. The Morgan fingerprint density at radius 2 is 1.92 bits per heavy atom. The van der Waals surface area contributed by atoms with Gasteiger partial charge in [-0.25, -0.2) is 23.7 Å². The second kappa shape index (κ2) is 11.9. The molecule has 13 heteroatoms. The van der Waals surface area contributed by atoms with Gasteiger partial charge in [-0.05, 0) is 97.0 Å². The molecule has 0 spiro atoms. The number of nitrogens with zero attached hydrogens (tertiary/aromatic N) is 4. The zero-order valence-electron chi connectivity index (χ0n) is 26.9. The van der Waals surface area contributed by atoms with E-state index in [2.05, 4.69) is 15.5 Å². The van der Waals surface area contributed by atoms with Gasteiger partial charge in [-0.15, -0.1) is 16.4 Å². The molecule has 2 atom stereocenters. The number of amides is 1. The quantitative estimate of drug-likeness (QED) is 0.172. The lowest BCUT2D eigenvalue weighted by atomic mass is 9.93. The van der Waals surface area contributed by atoms with Crippen LogP contribution in [0.3, 0.4) is 0 Å². The smallest absolute Gasteiger partial charge is 0.434 e. The van der Waals surface area contributed by atoms with Crippen LogP contribution < -0.4 is 15.8 Å². The van der Waals surface area contributed by atoms with Crippen molar-refractivity contribution in [2.75, 3.05) is 19.0 Å². The first-order valence-electron chi connectivity index (χ1n) is 16.6. The Balaban J connectivity index is 1.19. The summed E-state index contributed by atoms with van der Waals surface area (Å²) < 4.78 is 40.1. The number of rotatable bonds is 8. The van der Waals surface area contributed by atoms with Gasteiger partial charge in [0.1, 0.15) is 11.6 Å². The van der Waals surface area contributed by atoms with Gasteiger partial charge in [0.15, 0.2) is 11.6 Å². The average molecular weight is 693 g/mol. The largest absolute Gasteiger partial charge is 0.494 e. The second-order valence-electron chi connectivity index (χ2n) is 12.9. The zero-order valence-corrected chi connectivity index (χ0v) is 27.7. The lowest BCUT2D eigenvalue weighted by Gasteiger charge is -2.16. The Labute approximate surface area is 288 Å². The molecule has 2 N–H and O–H groups in total. The molecule has 0 unspecified atom stereocenters. The van der Waals surface area contributed by atoms with E-state index in [0.29, 0.717) is 53.3 Å². The molecule has 0 bridgehead atoms. The Bertz CT molecular complexity index is 2390. The third-order valence-electron chi connectivity index (χ3n) is 10.0. The SMILES string of the molecule is COc1cc2c(cc1F)[C@@H](Nc1nccc3cc(-c4c5c(nc(CCc6ccc(F)cc6)c4-c4n[nH]c(=O)o4)[C@H]4CCCN4C5=O)sc13)CC2. The molecule has 6 heterocycles. The Morgan fingerprint density at radius 1 is 1.06 bits per heavy atom. The normalized spacial score (nSPS) is 17.7. The number of pyridine rings is 2. The van der Waals surface area contributed by atoms with Gasteiger partial charge in [0.2, 0.25) is 0 Å². The number of fused-ring (bicyclic) bond motifs is 5. The third-order valence-corrected chi connectivity index (χ3v) is 11.2. The van der Waals surface area contributed by atoms with Crippen LogP contribution in [0.1, 0.15) is 69.8 Å². The van der Waals surface area contributed by atoms with Gasteiger partial charge < -0.3 is 19.4 Å². The van der Waals surface area contributed by atoms with Gasteiger partial charge in [-0.1, -0.05) is 12.1 Å². The lowest BCUT2D eigenvalue weighted by Crippen LogP contribution is -2.22. The number of thiophene rings is 1. The monoisotopic (exact) mass is 692 g/mol. The van der Waals surface area contributed by atoms with Gasteiger partial charge in [-0.3, -0.25) is 9.78 Å².